The third-order valence-corrected chi connectivity index (χ3v) is 4.08. The summed E-state index contributed by atoms with van der Waals surface area (Å²) in [4.78, 5) is 12.3. The molecule has 0 aliphatic carbocycles. The number of nitrogens with one attached hydrogen (secondary N) is 1. The van der Waals surface area contributed by atoms with Crippen molar-refractivity contribution in [1.29, 1.82) is 0 Å². The van der Waals surface area contributed by atoms with Gasteiger partial charge in [-0.1, -0.05) is 19.9 Å². The lowest BCUT2D eigenvalue weighted by Gasteiger charge is -2.23. The van der Waals surface area contributed by atoms with Crippen LogP contribution in [0.3, 0.4) is 0 Å². The number of hydrogen-bond acceptors (Lipinski definition) is 4. The molecule has 4 N–H and O–H groups in total. The number of nitrogen functional groups attached to an aromatic ring is 1. The van der Waals surface area contributed by atoms with E-state index in [1.165, 1.54) is 4.88 Å². The second-order valence-corrected chi connectivity index (χ2v) is 5.97. The molecular weight excluding hydrogens is 272 g/mol. The zero-order valence-corrected chi connectivity index (χ0v) is 12.3. The summed E-state index contributed by atoms with van der Waals surface area (Å²) in [6.07, 6.45) is 0. The fourth-order valence-corrected chi connectivity index (χ4v) is 2.99. The Bertz CT molecular complexity index is 594. The Labute approximate surface area is 122 Å². The Morgan fingerprint density at radius 2 is 2.10 bits per heavy atom. The lowest BCUT2D eigenvalue weighted by molar-refractivity contribution is 0.0698. The largest absolute Gasteiger partial charge is 0.478 e. The Morgan fingerprint density at radius 3 is 2.65 bits per heavy atom. The van der Waals surface area contributed by atoms with Crippen molar-refractivity contribution in [1.82, 2.24) is 0 Å². The van der Waals surface area contributed by atoms with Gasteiger partial charge >= 0.3 is 5.97 Å². The first kappa shape index (κ1) is 14.4. The van der Waals surface area contributed by atoms with E-state index in [4.69, 9.17) is 10.8 Å². The topological polar surface area (TPSA) is 75.3 Å². The molecule has 0 fully saturated rings. The molecule has 20 heavy (non-hydrogen) atoms. The summed E-state index contributed by atoms with van der Waals surface area (Å²) in [5, 5.41) is 14.5. The minimum Gasteiger partial charge on any atom is -0.478 e. The predicted octanol–water partition coefficient (Wildman–Crippen LogP) is 3.84. The van der Waals surface area contributed by atoms with Crippen molar-refractivity contribution in [2.24, 2.45) is 5.92 Å². The van der Waals surface area contributed by atoms with Gasteiger partial charge in [0.2, 0.25) is 0 Å². The first-order valence-corrected chi connectivity index (χ1v) is 7.29. The molecule has 1 aromatic heterocycles. The maximum absolute atomic E-state index is 11.1. The molecular formula is C15H18N2O2S. The Kier molecular flexibility index (Phi) is 4.29. The minimum absolute atomic E-state index is 0.128. The third kappa shape index (κ3) is 3.11. The van der Waals surface area contributed by atoms with Crippen molar-refractivity contribution >= 4 is 28.7 Å². The van der Waals surface area contributed by atoms with Crippen LogP contribution in [-0.4, -0.2) is 11.1 Å². The first-order valence-electron chi connectivity index (χ1n) is 6.41. The van der Waals surface area contributed by atoms with Gasteiger partial charge in [0.25, 0.3) is 0 Å². The van der Waals surface area contributed by atoms with Crippen molar-refractivity contribution < 1.29 is 9.90 Å². The third-order valence-electron chi connectivity index (χ3n) is 3.12. The van der Waals surface area contributed by atoms with Crippen LogP contribution in [0.1, 0.15) is 35.1 Å². The van der Waals surface area contributed by atoms with Crippen LogP contribution in [0.25, 0.3) is 0 Å². The maximum atomic E-state index is 11.1. The van der Waals surface area contributed by atoms with E-state index in [9.17, 15) is 4.79 Å². The van der Waals surface area contributed by atoms with E-state index in [0.717, 1.165) is 5.69 Å². The summed E-state index contributed by atoms with van der Waals surface area (Å²) in [5.41, 5.74) is 6.84. The zero-order valence-electron chi connectivity index (χ0n) is 11.5. The molecule has 1 heterocycles. The highest BCUT2D eigenvalue weighted by Gasteiger charge is 2.17. The molecule has 1 aromatic carbocycles. The van der Waals surface area contributed by atoms with Crippen molar-refractivity contribution in [2.75, 3.05) is 11.1 Å². The number of anilines is 2. The van der Waals surface area contributed by atoms with Gasteiger partial charge in [-0.15, -0.1) is 11.3 Å². The Balaban J connectivity index is 2.28. The van der Waals surface area contributed by atoms with Crippen molar-refractivity contribution in [2.45, 2.75) is 19.9 Å². The lowest BCUT2D eigenvalue weighted by atomic mass is 10.0. The lowest BCUT2D eigenvalue weighted by Crippen LogP contribution is -2.16. The molecule has 4 nitrogen and oxygen atoms in total. The smallest absolute Gasteiger partial charge is 0.337 e. The van der Waals surface area contributed by atoms with E-state index in [-0.39, 0.29) is 17.3 Å². The number of aromatic carboxylic acids is 1. The van der Waals surface area contributed by atoms with Crippen LogP contribution in [0.2, 0.25) is 0 Å². The van der Waals surface area contributed by atoms with Crippen molar-refractivity contribution in [3.63, 3.8) is 0 Å². The Morgan fingerprint density at radius 1 is 1.35 bits per heavy atom. The van der Waals surface area contributed by atoms with Crippen LogP contribution >= 0.6 is 11.3 Å². The zero-order chi connectivity index (χ0) is 14.7. The molecule has 5 heteroatoms. The van der Waals surface area contributed by atoms with E-state index in [0.29, 0.717) is 5.92 Å². The van der Waals surface area contributed by atoms with E-state index < -0.39 is 5.97 Å². The van der Waals surface area contributed by atoms with E-state index in [1.54, 1.807) is 23.5 Å². The molecule has 0 spiro atoms. The summed E-state index contributed by atoms with van der Waals surface area (Å²) >= 11 is 1.69. The molecule has 0 radical (unpaired) electrons. The van der Waals surface area contributed by atoms with Gasteiger partial charge in [-0.3, -0.25) is 0 Å². The highest BCUT2D eigenvalue weighted by atomic mass is 32.1. The average Bonchev–Trinajstić information content (AvgIpc) is 2.90. The first-order chi connectivity index (χ1) is 9.49. The molecule has 0 aliphatic heterocycles. The van der Waals surface area contributed by atoms with E-state index in [2.05, 4.69) is 25.2 Å². The van der Waals surface area contributed by atoms with Crippen LogP contribution in [0, 0.1) is 5.92 Å². The number of benzene rings is 1. The normalized spacial score (nSPS) is 12.3. The molecule has 0 bridgehead atoms. The quantitative estimate of drug-likeness (QED) is 0.731. The standard InChI is InChI=1S/C15H18N2O2S/c1-9(2)14(13-4-3-7-20-13)17-10-5-6-12(16)11(8-10)15(18)19/h3-9,14,17H,16H2,1-2H3,(H,18,19). The predicted molar refractivity (Wildman–Crippen MR) is 83.3 cm³/mol. The van der Waals surface area contributed by atoms with Gasteiger partial charge in [-0.2, -0.15) is 0 Å². The summed E-state index contributed by atoms with van der Waals surface area (Å²) in [6, 6.07) is 9.27. The molecule has 2 aromatic rings. The van der Waals surface area contributed by atoms with Crippen LogP contribution in [0.4, 0.5) is 11.4 Å². The number of nitrogens with two attached hydrogens (primary N) is 1. The minimum atomic E-state index is -1.01. The van der Waals surface area contributed by atoms with Gasteiger partial charge in [-0.25, -0.2) is 4.79 Å². The van der Waals surface area contributed by atoms with Crippen molar-refractivity contribution in [3.05, 3.63) is 46.2 Å². The van der Waals surface area contributed by atoms with E-state index >= 15 is 0 Å². The fraction of sp³-hybridized carbons (Fsp3) is 0.267. The highest BCUT2D eigenvalue weighted by molar-refractivity contribution is 7.10. The van der Waals surface area contributed by atoms with Crippen LogP contribution in [0.15, 0.2) is 35.7 Å². The van der Waals surface area contributed by atoms with Crippen molar-refractivity contribution in [3.8, 4) is 0 Å². The summed E-state index contributed by atoms with van der Waals surface area (Å²) in [5.74, 6) is -0.622. The number of thiophene rings is 1. The number of rotatable bonds is 5. The Hall–Kier alpha value is -2.01. The van der Waals surface area contributed by atoms with Gasteiger partial charge in [-0.05, 0) is 35.6 Å². The maximum Gasteiger partial charge on any atom is 0.337 e. The van der Waals surface area contributed by atoms with Crippen LogP contribution in [0.5, 0.6) is 0 Å². The van der Waals surface area contributed by atoms with Crippen LogP contribution < -0.4 is 11.1 Å². The summed E-state index contributed by atoms with van der Waals surface area (Å²) < 4.78 is 0. The molecule has 0 amide bonds. The fourth-order valence-electron chi connectivity index (χ4n) is 2.05. The molecule has 1 atom stereocenters. The monoisotopic (exact) mass is 290 g/mol. The second kappa shape index (κ2) is 5.96. The number of hydrogen-bond donors (Lipinski definition) is 3. The summed E-state index contributed by atoms with van der Waals surface area (Å²) in [6.45, 7) is 4.26. The average molecular weight is 290 g/mol. The number of carboxylic acids is 1. The number of carboxylic acid groups (broad SMARTS) is 1. The number of carbonyl (C=O) groups is 1. The molecule has 0 saturated heterocycles. The molecule has 1 unspecified atom stereocenters. The van der Waals surface area contributed by atoms with Gasteiger partial charge in [0, 0.05) is 16.3 Å². The molecule has 2 rings (SSSR count). The van der Waals surface area contributed by atoms with Gasteiger partial charge in [0.15, 0.2) is 0 Å². The second-order valence-electron chi connectivity index (χ2n) is 4.99. The van der Waals surface area contributed by atoms with Gasteiger partial charge < -0.3 is 16.2 Å². The van der Waals surface area contributed by atoms with Gasteiger partial charge in [0.1, 0.15) is 0 Å². The highest BCUT2D eigenvalue weighted by Crippen LogP contribution is 2.30. The van der Waals surface area contributed by atoms with Crippen LogP contribution in [-0.2, 0) is 0 Å². The molecule has 106 valence electrons. The van der Waals surface area contributed by atoms with E-state index in [1.807, 2.05) is 17.5 Å². The SMILES string of the molecule is CC(C)C(Nc1ccc(N)c(C(=O)O)c1)c1cccs1. The molecule has 0 saturated carbocycles. The summed E-state index contributed by atoms with van der Waals surface area (Å²) in [7, 11) is 0. The van der Waals surface area contributed by atoms with Gasteiger partial charge in [0.05, 0.1) is 11.6 Å². The molecule has 0 aliphatic rings.